The van der Waals surface area contributed by atoms with Crippen LogP contribution in [0.15, 0.2) is 48.5 Å². The molecule has 3 rings (SSSR count). The van der Waals surface area contributed by atoms with Crippen LogP contribution in [-0.4, -0.2) is 0 Å². The number of hydrogen-bond acceptors (Lipinski definition) is 1. The zero-order valence-electron chi connectivity index (χ0n) is 14.0. The van der Waals surface area contributed by atoms with Crippen LogP contribution in [0.5, 0.6) is 0 Å². The van der Waals surface area contributed by atoms with Crippen molar-refractivity contribution in [2.45, 2.75) is 50.9 Å². The first kappa shape index (κ1) is 17.1. The Balaban J connectivity index is 1.71. The molecule has 1 atom stereocenters. The lowest BCUT2D eigenvalue weighted by Crippen LogP contribution is -2.07. The molecule has 0 aliphatic heterocycles. The molecule has 2 aromatic rings. The molecule has 2 heteroatoms. The van der Waals surface area contributed by atoms with Gasteiger partial charge >= 0.3 is 0 Å². The van der Waals surface area contributed by atoms with Gasteiger partial charge in [0.05, 0.1) is 12.0 Å². The Morgan fingerprint density at radius 2 is 1.79 bits per heavy atom. The molecule has 2 aromatic carbocycles. The van der Waals surface area contributed by atoms with Crippen LogP contribution in [0.1, 0.15) is 61.1 Å². The predicted octanol–water partition coefficient (Wildman–Crippen LogP) is 6.51. The molecule has 0 radical (unpaired) electrons. The Morgan fingerprint density at radius 1 is 1.04 bits per heavy atom. The molecule has 1 nitrogen and oxygen atoms in total. The smallest absolute Gasteiger partial charge is 0.0977 e. The lowest BCUT2D eigenvalue weighted by Gasteiger charge is -2.21. The molecule has 0 heterocycles. The van der Waals surface area contributed by atoms with Gasteiger partial charge in [-0.2, -0.15) is 5.26 Å². The van der Waals surface area contributed by atoms with E-state index >= 15 is 0 Å². The molecule has 0 aromatic heterocycles. The summed E-state index contributed by atoms with van der Waals surface area (Å²) >= 11 is 6.52. The average Bonchev–Trinajstić information content (AvgIpc) is 2.64. The molecule has 1 saturated carbocycles. The molecule has 1 fully saturated rings. The van der Waals surface area contributed by atoms with E-state index in [1.165, 1.54) is 44.1 Å². The van der Waals surface area contributed by atoms with Crippen LogP contribution in [-0.2, 0) is 6.42 Å². The molecule has 0 amide bonds. The monoisotopic (exact) mass is 337 g/mol. The first-order valence-electron chi connectivity index (χ1n) is 9.01. The van der Waals surface area contributed by atoms with Crippen molar-refractivity contribution >= 4 is 11.6 Å². The third kappa shape index (κ3) is 4.19. The molecular weight excluding hydrogens is 314 g/mol. The highest BCUT2D eigenvalue weighted by Crippen LogP contribution is 2.32. The zero-order chi connectivity index (χ0) is 16.8. The second-order valence-corrected chi connectivity index (χ2v) is 7.28. The van der Waals surface area contributed by atoms with Crippen LogP contribution < -0.4 is 0 Å². The first-order valence-corrected chi connectivity index (χ1v) is 9.38. The second kappa shape index (κ2) is 8.36. The van der Waals surface area contributed by atoms with Crippen molar-refractivity contribution in [3.63, 3.8) is 0 Å². The number of hydrogen-bond donors (Lipinski definition) is 0. The van der Waals surface area contributed by atoms with Crippen molar-refractivity contribution in [2.24, 2.45) is 5.92 Å². The molecular formula is C22H24ClN. The Kier molecular flexibility index (Phi) is 5.94. The Bertz CT molecular complexity index is 696. The van der Waals surface area contributed by atoms with Gasteiger partial charge in [0, 0.05) is 5.02 Å². The highest BCUT2D eigenvalue weighted by molar-refractivity contribution is 6.31. The summed E-state index contributed by atoms with van der Waals surface area (Å²) in [5.41, 5.74) is 3.20. The van der Waals surface area contributed by atoms with Gasteiger partial charge in [-0.3, -0.25) is 0 Å². The van der Waals surface area contributed by atoms with Crippen LogP contribution in [0.3, 0.4) is 0 Å². The molecule has 124 valence electrons. The molecule has 0 saturated heterocycles. The normalized spacial score (nSPS) is 16.5. The first-order chi connectivity index (χ1) is 11.8. The summed E-state index contributed by atoms with van der Waals surface area (Å²) in [5, 5.41) is 10.3. The van der Waals surface area contributed by atoms with Gasteiger partial charge in [0.25, 0.3) is 0 Å². The van der Waals surface area contributed by atoms with Crippen LogP contribution in [0, 0.1) is 17.2 Å². The molecule has 0 N–H and O–H groups in total. The largest absolute Gasteiger partial charge is 0.197 e. The van der Waals surface area contributed by atoms with Crippen molar-refractivity contribution in [2.75, 3.05) is 0 Å². The number of aryl methyl sites for hydroxylation is 1. The summed E-state index contributed by atoms with van der Waals surface area (Å²) in [5.74, 6) is 0.583. The van der Waals surface area contributed by atoms with Gasteiger partial charge in [0.15, 0.2) is 0 Å². The van der Waals surface area contributed by atoms with Crippen molar-refractivity contribution in [3.05, 3.63) is 70.2 Å². The van der Waals surface area contributed by atoms with Crippen LogP contribution >= 0.6 is 11.6 Å². The molecule has 1 unspecified atom stereocenters. The SMILES string of the molecule is N#CC(c1ccccc1)c1ccc(CCC2CCCCC2)cc1Cl. The lowest BCUT2D eigenvalue weighted by molar-refractivity contribution is 0.339. The number of nitrogens with zero attached hydrogens (tertiary/aromatic N) is 1. The zero-order valence-corrected chi connectivity index (χ0v) is 14.8. The van der Waals surface area contributed by atoms with Gasteiger partial charge in [-0.1, -0.05) is 86.2 Å². The molecule has 1 aliphatic rings. The third-order valence-electron chi connectivity index (χ3n) is 5.20. The van der Waals surface area contributed by atoms with Crippen molar-refractivity contribution in [1.82, 2.24) is 0 Å². The van der Waals surface area contributed by atoms with Crippen LogP contribution in [0.2, 0.25) is 5.02 Å². The third-order valence-corrected chi connectivity index (χ3v) is 5.53. The topological polar surface area (TPSA) is 23.8 Å². The highest BCUT2D eigenvalue weighted by Gasteiger charge is 2.17. The van der Waals surface area contributed by atoms with Crippen LogP contribution in [0.25, 0.3) is 0 Å². The van der Waals surface area contributed by atoms with E-state index in [2.05, 4.69) is 18.2 Å². The minimum absolute atomic E-state index is 0.300. The standard InChI is InChI=1S/C22H24ClN/c23-22-15-18(12-11-17-7-3-1-4-8-17)13-14-20(22)21(16-24)19-9-5-2-6-10-19/h2,5-6,9-10,13-15,17,21H,1,3-4,7-8,11-12H2. The van der Waals surface area contributed by atoms with E-state index in [9.17, 15) is 5.26 Å². The number of halogens is 1. The van der Waals surface area contributed by atoms with Gasteiger partial charge < -0.3 is 0 Å². The summed E-state index contributed by atoms with van der Waals surface area (Å²) in [6, 6.07) is 18.5. The fourth-order valence-corrected chi connectivity index (χ4v) is 4.09. The van der Waals surface area contributed by atoms with E-state index in [1.54, 1.807) is 0 Å². The van der Waals surface area contributed by atoms with Gasteiger partial charge in [0.1, 0.15) is 0 Å². The number of rotatable bonds is 5. The average molecular weight is 338 g/mol. The van der Waals surface area contributed by atoms with Gasteiger partial charge in [0.2, 0.25) is 0 Å². The van der Waals surface area contributed by atoms with E-state index in [-0.39, 0.29) is 5.92 Å². The summed E-state index contributed by atoms with van der Waals surface area (Å²) in [7, 11) is 0. The van der Waals surface area contributed by atoms with Crippen molar-refractivity contribution < 1.29 is 0 Å². The van der Waals surface area contributed by atoms with Crippen molar-refractivity contribution in [1.29, 1.82) is 5.26 Å². The van der Waals surface area contributed by atoms with Crippen molar-refractivity contribution in [3.8, 4) is 6.07 Å². The van der Waals surface area contributed by atoms with E-state index in [0.717, 1.165) is 23.5 Å². The van der Waals surface area contributed by atoms with E-state index in [0.29, 0.717) is 5.02 Å². The summed E-state index contributed by atoms with van der Waals surface area (Å²) in [6.45, 7) is 0. The number of benzene rings is 2. The second-order valence-electron chi connectivity index (χ2n) is 6.87. The minimum atomic E-state index is -0.300. The van der Waals surface area contributed by atoms with Crippen LogP contribution in [0.4, 0.5) is 0 Å². The summed E-state index contributed by atoms with van der Waals surface area (Å²) in [4.78, 5) is 0. The summed E-state index contributed by atoms with van der Waals surface area (Å²) in [6.07, 6.45) is 9.32. The quantitative estimate of drug-likeness (QED) is 0.610. The van der Waals surface area contributed by atoms with E-state index < -0.39 is 0 Å². The maximum atomic E-state index is 9.59. The minimum Gasteiger partial charge on any atom is -0.197 e. The fraction of sp³-hybridized carbons (Fsp3) is 0.409. The number of nitriles is 1. The Labute approximate surface area is 150 Å². The summed E-state index contributed by atoms with van der Waals surface area (Å²) < 4.78 is 0. The van der Waals surface area contributed by atoms with Gasteiger partial charge in [-0.25, -0.2) is 0 Å². The highest BCUT2D eigenvalue weighted by atomic mass is 35.5. The van der Waals surface area contributed by atoms with Gasteiger partial charge in [-0.05, 0) is 41.5 Å². The molecule has 0 spiro atoms. The molecule has 0 bridgehead atoms. The maximum absolute atomic E-state index is 9.59. The van der Waals surface area contributed by atoms with E-state index in [1.807, 2.05) is 36.4 Å². The van der Waals surface area contributed by atoms with Gasteiger partial charge in [-0.15, -0.1) is 0 Å². The Morgan fingerprint density at radius 3 is 2.46 bits per heavy atom. The predicted molar refractivity (Wildman–Crippen MR) is 100 cm³/mol. The van der Waals surface area contributed by atoms with E-state index in [4.69, 9.17) is 11.6 Å². The lowest BCUT2D eigenvalue weighted by atomic mass is 9.85. The molecule has 1 aliphatic carbocycles. The Hall–Kier alpha value is -1.78. The molecule has 24 heavy (non-hydrogen) atoms. The maximum Gasteiger partial charge on any atom is 0.0977 e. The fourth-order valence-electron chi connectivity index (χ4n) is 3.78.